The molecule has 0 spiro atoms. The van der Waals surface area contributed by atoms with Crippen LogP contribution in [0.3, 0.4) is 0 Å². The number of halogens is 6. The van der Waals surface area contributed by atoms with E-state index < -0.39 is 23.5 Å². The Bertz CT molecular complexity index is 863. The summed E-state index contributed by atoms with van der Waals surface area (Å²) in [6.45, 7) is 0.700. The molecule has 0 atom stereocenters. The van der Waals surface area contributed by atoms with Crippen LogP contribution >= 0.6 is 0 Å². The molecule has 2 heterocycles. The zero-order valence-corrected chi connectivity index (χ0v) is 16.5. The number of methoxy groups -OCH3 is 1. The van der Waals surface area contributed by atoms with Gasteiger partial charge in [-0.25, -0.2) is 4.98 Å². The summed E-state index contributed by atoms with van der Waals surface area (Å²) >= 11 is 0. The van der Waals surface area contributed by atoms with Crippen LogP contribution in [0, 0.1) is 0 Å². The fourth-order valence-corrected chi connectivity index (χ4v) is 3.14. The molecule has 0 bridgehead atoms. The molecule has 170 valence electrons. The highest BCUT2D eigenvalue weighted by atomic mass is 19.4. The van der Waals surface area contributed by atoms with Crippen molar-refractivity contribution in [1.29, 1.82) is 0 Å². The van der Waals surface area contributed by atoms with E-state index in [4.69, 9.17) is 14.2 Å². The lowest BCUT2D eigenvalue weighted by atomic mass is 10.1. The van der Waals surface area contributed by atoms with Crippen LogP contribution in [0.15, 0.2) is 36.5 Å². The molecule has 0 aliphatic carbocycles. The van der Waals surface area contributed by atoms with Crippen LogP contribution in [-0.2, 0) is 17.1 Å². The molecule has 31 heavy (non-hydrogen) atoms. The summed E-state index contributed by atoms with van der Waals surface area (Å²) in [5.41, 5.74) is -1.69. The number of anilines is 1. The van der Waals surface area contributed by atoms with E-state index in [1.54, 1.807) is 0 Å². The average molecular weight is 450 g/mol. The van der Waals surface area contributed by atoms with Gasteiger partial charge in [-0.2, -0.15) is 26.3 Å². The fourth-order valence-electron chi connectivity index (χ4n) is 3.14. The monoisotopic (exact) mass is 450 g/mol. The molecular formula is C20H20F6N2O3. The molecular weight excluding hydrogens is 430 g/mol. The number of alkyl halides is 6. The van der Waals surface area contributed by atoms with Gasteiger partial charge >= 0.3 is 12.4 Å². The van der Waals surface area contributed by atoms with E-state index in [1.165, 1.54) is 19.2 Å². The maximum Gasteiger partial charge on any atom is 0.417 e. The van der Waals surface area contributed by atoms with Gasteiger partial charge in [0.2, 0.25) is 0 Å². The van der Waals surface area contributed by atoms with Gasteiger partial charge in [-0.05, 0) is 30.3 Å². The minimum Gasteiger partial charge on any atom is -0.486 e. The normalized spacial score (nSPS) is 15.8. The van der Waals surface area contributed by atoms with Gasteiger partial charge in [-0.15, -0.1) is 0 Å². The van der Waals surface area contributed by atoms with Crippen molar-refractivity contribution in [3.63, 3.8) is 0 Å². The van der Waals surface area contributed by atoms with Crippen LogP contribution in [0.1, 0.15) is 24.0 Å². The van der Waals surface area contributed by atoms with E-state index in [0.29, 0.717) is 31.7 Å². The summed E-state index contributed by atoms with van der Waals surface area (Å²) in [7, 11) is 1.35. The van der Waals surface area contributed by atoms with Crippen LogP contribution in [0.5, 0.6) is 11.5 Å². The second kappa shape index (κ2) is 9.21. The third-order valence-electron chi connectivity index (χ3n) is 4.74. The first-order chi connectivity index (χ1) is 14.6. The smallest absolute Gasteiger partial charge is 0.417 e. The van der Waals surface area contributed by atoms with E-state index in [-0.39, 0.29) is 24.4 Å². The minimum absolute atomic E-state index is 0.0801. The van der Waals surface area contributed by atoms with Gasteiger partial charge in [0.1, 0.15) is 11.9 Å². The fraction of sp³-hybridized carbons (Fsp3) is 0.450. The van der Waals surface area contributed by atoms with Crippen molar-refractivity contribution in [3.05, 3.63) is 47.7 Å². The predicted molar refractivity (Wildman–Crippen MR) is 99.1 cm³/mol. The molecule has 0 N–H and O–H groups in total. The molecule has 11 heteroatoms. The van der Waals surface area contributed by atoms with Crippen LogP contribution in [0.2, 0.25) is 0 Å². The predicted octanol–water partition coefficient (Wildman–Crippen LogP) is 5.15. The van der Waals surface area contributed by atoms with Gasteiger partial charge in [0.25, 0.3) is 0 Å². The molecule has 1 aliphatic rings. The summed E-state index contributed by atoms with van der Waals surface area (Å²) in [6.07, 6.45) is -7.46. The number of hydrogen-bond donors (Lipinski definition) is 0. The molecule has 2 aromatic rings. The van der Waals surface area contributed by atoms with Crippen molar-refractivity contribution in [1.82, 2.24) is 4.98 Å². The first kappa shape index (κ1) is 23.0. The third kappa shape index (κ3) is 5.93. The van der Waals surface area contributed by atoms with Crippen LogP contribution in [0.25, 0.3) is 0 Å². The molecule has 1 aliphatic heterocycles. The molecule has 1 fully saturated rings. The molecule has 1 saturated heterocycles. The first-order valence-electron chi connectivity index (χ1n) is 9.36. The molecule has 0 unspecified atom stereocenters. The van der Waals surface area contributed by atoms with Crippen molar-refractivity contribution < 1.29 is 40.6 Å². The Labute approximate surface area is 174 Å². The number of benzene rings is 1. The number of aromatic nitrogens is 1. The lowest BCUT2D eigenvalue weighted by Crippen LogP contribution is -2.38. The van der Waals surface area contributed by atoms with E-state index in [2.05, 4.69) is 4.98 Å². The Morgan fingerprint density at radius 3 is 2.13 bits per heavy atom. The highest BCUT2D eigenvalue weighted by Crippen LogP contribution is 2.37. The molecule has 0 amide bonds. The standard InChI is InChI=1S/C20H20F6N2O3/c1-29-12-30-17-10-13(19(21,22)23)2-4-16(17)31-15-6-8-28(9-7-15)18-5-3-14(11-27-18)20(24,25)26/h2-5,10-11,15H,6-9,12H2,1H3. The molecule has 1 aromatic carbocycles. The van der Waals surface area contributed by atoms with E-state index in [0.717, 1.165) is 24.4 Å². The van der Waals surface area contributed by atoms with Crippen LogP contribution < -0.4 is 14.4 Å². The van der Waals surface area contributed by atoms with E-state index in [1.807, 2.05) is 4.90 Å². The number of rotatable bonds is 6. The Morgan fingerprint density at radius 1 is 0.935 bits per heavy atom. The number of nitrogens with zero attached hydrogens (tertiary/aromatic N) is 2. The minimum atomic E-state index is -4.52. The topological polar surface area (TPSA) is 43.8 Å². The number of ether oxygens (including phenoxy) is 3. The summed E-state index contributed by atoms with van der Waals surface area (Å²) in [5.74, 6) is 0.504. The molecule has 3 rings (SSSR count). The van der Waals surface area contributed by atoms with Crippen LogP contribution in [0.4, 0.5) is 32.2 Å². The van der Waals surface area contributed by atoms with Gasteiger partial charge in [-0.3, -0.25) is 0 Å². The van der Waals surface area contributed by atoms with Crippen LogP contribution in [-0.4, -0.2) is 38.1 Å². The Kier molecular flexibility index (Phi) is 6.83. The SMILES string of the molecule is COCOc1cc(C(F)(F)F)ccc1OC1CCN(c2ccc(C(F)(F)F)cn2)CC1. The zero-order valence-electron chi connectivity index (χ0n) is 16.5. The van der Waals surface area contributed by atoms with E-state index >= 15 is 0 Å². The van der Waals surface area contributed by atoms with Gasteiger partial charge in [-0.1, -0.05) is 0 Å². The van der Waals surface area contributed by atoms with Gasteiger partial charge in [0.15, 0.2) is 18.3 Å². The molecule has 1 aromatic heterocycles. The number of pyridine rings is 1. The average Bonchev–Trinajstić information content (AvgIpc) is 2.72. The highest BCUT2D eigenvalue weighted by Gasteiger charge is 2.33. The Hall–Kier alpha value is -2.69. The Morgan fingerprint density at radius 2 is 1.58 bits per heavy atom. The second-order valence-corrected chi connectivity index (χ2v) is 6.92. The zero-order chi connectivity index (χ0) is 22.6. The first-order valence-corrected chi connectivity index (χ1v) is 9.36. The molecule has 0 saturated carbocycles. The van der Waals surface area contributed by atoms with E-state index in [9.17, 15) is 26.3 Å². The van der Waals surface area contributed by atoms with Crippen molar-refractivity contribution >= 4 is 5.82 Å². The van der Waals surface area contributed by atoms with Gasteiger partial charge in [0.05, 0.1) is 11.1 Å². The molecule has 5 nitrogen and oxygen atoms in total. The summed E-state index contributed by atoms with van der Waals surface area (Å²) in [4.78, 5) is 5.71. The molecule has 0 radical (unpaired) electrons. The van der Waals surface area contributed by atoms with Crippen molar-refractivity contribution in [2.75, 3.05) is 31.9 Å². The maximum absolute atomic E-state index is 13.0. The second-order valence-electron chi connectivity index (χ2n) is 6.92. The maximum atomic E-state index is 13.0. The summed E-state index contributed by atoms with van der Waals surface area (Å²) in [5, 5.41) is 0. The summed E-state index contributed by atoms with van der Waals surface area (Å²) in [6, 6.07) is 5.27. The van der Waals surface area contributed by atoms with Crippen molar-refractivity contribution in [2.24, 2.45) is 0 Å². The largest absolute Gasteiger partial charge is 0.486 e. The lowest BCUT2D eigenvalue weighted by molar-refractivity contribution is -0.138. The van der Waals surface area contributed by atoms with Crippen molar-refractivity contribution in [2.45, 2.75) is 31.3 Å². The quantitative estimate of drug-likeness (QED) is 0.450. The van der Waals surface area contributed by atoms with Gasteiger partial charge < -0.3 is 19.1 Å². The van der Waals surface area contributed by atoms with Gasteiger partial charge in [0, 0.05) is 39.2 Å². The third-order valence-corrected chi connectivity index (χ3v) is 4.74. The lowest BCUT2D eigenvalue weighted by Gasteiger charge is -2.33. The highest BCUT2D eigenvalue weighted by molar-refractivity contribution is 5.44. The number of piperidine rings is 1. The Balaban J connectivity index is 1.64. The van der Waals surface area contributed by atoms with Crippen molar-refractivity contribution in [3.8, 4) is 11.5 Å². The number of hydrogen-bond acceptors (Lipinski definition) is 5. The summed E-state index contributed by atoms with van der Waals surface area (Å²) < 4.78 is 92.8.